The van der Waals surface area contributed by atoms with Crippen LogP contribution in [0.5, 0.6) is 0 Å². The second-order valence-corrected chi connectivity index (χ2v) is 3.84. The van der Waals surface area contributed by atoms with Crippen LogP contribution >= 0.6 is 0 Å². The summed E-state index contributed by atoms with van der Waals surface area (Å²) < 4.78 is 0. The highest BCUT2D eigenvalue weighted by Gasteiger charge is 2.00. The zero-order chi connectivity index (χ0) is 10.4. The van der Waals surface area contributed by atoms with Crippen LogP contribution in [-0.2, 0) is 0 Å². The minimum Gasteiger partial charge on any atom is -0.330 e. The summed E-state index contributed by atoms with van der Waals surface area (Å²) in [5.41, 5.74) is 8.26. The van der Waals surface area contributed by atoms with Crippen molar-refractivity contribution in [1.82, 2.24) is 0 Å². The normalized spacial score (nSPS) is 12.1. The molecule has 0 saturated carbocycles. The van der Waals surface area contributed by atoms with E-state index >= 15 is 0 Å². The van der Waals surface area contributed by atoms with Crippen LogP contribution in [0.3, 0.4) is 0 Å². The standard InChI is InChI=1S/C13H19N/c1-11(2)10-13(8-9-14)12-6-4-3-5-7-12/h3-7,10-11H,8-9,14H2,1-2H3/b13-10+. The van der Waals surface area contributed by atoms with Crippen molar-refractivity contribution in [3.8, 4) is 0 Å². The lowest BCUT2D eigenvalue weighted by Gasteiger charge is -2.08. The summed E-state index contributed by atoms with van der Waals surface area (Å²) >= 11 is 0. The maximum absolute atomic E-state index is 5.60. The first kappa shape index (κ1) is 11.0. The zero-order valence-corrected chi connectivity index (χ0v) is 9.03. The Balaban J connectivity index is 2.89. The topological polar surface area (TPSA) is 26.0 Å². The SMILES string of the molecule is CC(C)/C=C(\CCN)c1ccccc1. The van der Waals surface area contributed by atoms with E-state index in [2.05, 4.69) is 44.2 Å². The number of hydrogen-bond donors (Lipinski definition) is 1. The van der Waals surface area contributed by atoms with Crippen LogP contribution in [0.15, 0.2) is 36.4 Å². The number of hydrogen-bond acceptors (Lipinski definition) is 1. The Kier molecular flexibility index (Phi) is 4.41. The molecule has 0 aliphatic heterocycles. The van der Waals surface area contributed by atoms with Gasteiger partial charge >= 0.3 is 0 Å². The van der Waals surface area contributed by atoms with Gasteiger partial charge in [0.2, 0.25) is 0 Å². The molecule has 1 nitrogen and oxygen atoms in total. The lowest BCUT2D eigenvalue weighted by molar-refractivity contribution is 0.827. The van der Waals surface area contributed by atoms with Gasteiger partial charge in [-0.1, -0.05) is 50.3 Å². The maximum atomic E-state index is 5.60. The predicted octanol–water partition coefficient (Wildman–Crippen LogP) is 3.07. The quantitative estimate of drug-likeness (QED) is 0.774. The molecule has 0 unspecified atom stereocenters. The van der Waals surface area contributed by atoms with Gasteiger partial charge in [-0.05, 0) is 30.0 Å². The summed E-state index contributed by atoms with van der Waals surface area (Å²) in [6.45, 7) is 5.10. The minimum atomic E-state index is 0.580. The molecule has 0 saturated heterocycles. The van der Waals surface area contributed by atoms with Gasteiger partial charge in [0.05, 0.1) is 0 Å². The number of allylic oxidation sites excluding steroid dienone is 1. The monoisotopic (exact) mass is 189 g/mol. The van der Waals surface area contributed by atoms with E-state index in [-0.39, 0.29) is 0 Å². The lowest BCUT2D eigenvalue weighted by atomic mass is 9.99. The fourth-order valence-electron chi connectivity index (χ4n) is 1.53. The van der Waals surface area contributed by atoms with E-state index in [1.165, 1.54) is 11.1 Å². The first-order chi connectivity index (χ1) is 6.74. The second kappa shape index (κ2) is 5.61. The molecule has 76 valence electrons. The molecule has 2 N–H and O–H groups in total. The first-order valence-electron chi connectivity index (χ1n) is 5.20. The fraction of sp³-hybridized carbons (Fsp3) is 0.385. The van der Waals surface area contributed by atoms with Crippen molar-refractivity contribution in [2.45, 2.75) is 20.3 Å². The molecular weight excluding hydrogens is 170 g/mol. The molecular formula is C13H19N. The van der Waals surface area contributed by atoms with Gasteiger partial charge < -0.3 is 5.73 Å². The van der Waals surface area contributed by atoms with Gasteiger partial charge in [-0.15, -0.1) is 0 Å². The molecule has 0 fully saturated rings. The average Bonchev–Trinajstić information content (AvgIpc) is 2.18. The predicted molar refractivity (Wildman–Crippen MR) is 62.9 cm³/mol. The second-order valence-electron chi connectivity index (χ2n) is 3.84. The molecule has 0 spiro atoms. The summed E-state index contributed by atoms with van der Waals surface area (Å²) in [5.74, 6) is 0.580. The third kappa shape index (κ3) is 3.35. The largest absolute Gasteiger partial charge is 0.330 e. The van der Waals surface area contributed by atoms with Crippen LogP contribution in [-0.4, -0.2) is 6.54 Å². The van der Waals surface area contributed by atoms with E-state index in [1.54, 1.807) is 0 Å². The Hall–Kier alpha value is -1.08. The molecule has 0 aliphatic rings. The van der Waals surface area contributed by atoms with E-state index in [1.807, 2.05) is 6.07 Å². The molecule has 0 aromatic heterocycles. The number of benzene rings is 1. The molecule has 0 heterocycles. The van der Waals surface area contributed by atoms with E-state index < -0.39 is 0 Å². The number of nitrogens with two attached hydrogens (primary N) is 1. The fourth-order valence-corrected chi connectivity index (χ4v) is 1.53. The summed E-state index contributed by atoms with van der Waals surface area (Å²) in [6, 6.07) is 10.5. The lowest BCUT2D eigenvalue weighted by Crippen LogP contribution is -2.00. The van der Waals surface area contributed by atoms with Crippen molar-refractivity contribution in [2.75, 3.05) is 6.54 Å². The van der Waals surface area contributed by atoms with Crippen molar-refractivity contribution in [3.63, 3.8) is 0 Å². The number of rotatable bonds is 4. The zero-order valence-electron chi connectivity index (χ0n) is 9.03. The van der Waals surface area contributed by atoms with E-state index in [0.29, 0.717) is 12.5 Å². The Labute approximate surface area is 86.6 Å². The molecule has 0 atom stereocenters. The average molecular weight is 189 g/mol. The van der Waals surface area contributed by atoms with Crippen molar-refractivity contribution in [2.24, 2.45) is 11.7 Å². The summed E-state index contributed by atoms with van der Waals surface area (Å²) in [4.78, 5) is 0. The van der Waals surface area contributed by atoms with Gasteiger partial charge in [-0.3, -0.25) is 0 Å². The third-order valence-electron chi connectivity index (χ3n) is 2.09. The van der Waals surface area contributed by atoms with Crippen LogP contribution in [0.4, 0.5) is 0 Å². The van der Waals surface area contributed by atoms with Gasteiger partial charge in [0, 0.05) is 0 Å². The molecule has 1 rings (SSSR count). The summed E-state index contributed by atoms with van der Waals surface area (Å²) in [7, 11) is 0. The van der Waals surface area contributed by atoms with E-state index in [9.17, 15) is 0 Å². The molecule has 1 heteroatoms. The highest BCUT2D eigenvalue weighted by Crippen LogP contribution is 2.19. The highest BCUT2D eigenvalue weighted by molar-refractivity contribution is 5.65. The molecule has 14 heavy (non-hydrogen) atoms. The van der Waals surface area contributed by atoms with E-state index in [0.717, 1.165) is 6.42 Å². The van der Waals surface area contributed by atoms with Gasteiger partial charge in [-0.2, -0.15) is 0 Å². The van der Waals surface area contributed by atoms with Crippen LogP contribution < -0.4 is 5.73 Å². The van der Waals surface area contributed by atoms with Crippen molar-refractivity contribution in [3.05, 3.63) is 42.0 Å². The van der Waals surface area contributed by atoms with Crippen LogP contribution in [0.1, 0.15) is 25.8 Å². The van der Waals surface area contributed by atoms with Gasteiger partial charge in [0.25, 0.3) is 0 Å². The van der Waals surface area contributed by atoms with Crippen molar-refractivity contribution >= 4 is 5.57 Å². The first-order valence-corrected chi connectivity index (χ1v) is 5.20. The molecule has 0 radical (unpaired) electrons. The Morgan fingerprint density at radius 3 is 2.43 bits per heavy atom. The van der Waals surface area contributed by atoms with Gasteiger partial charge in [-0.25, -0.2) is 0 Å². The van der Waals surface area contributed by atoms with Gasteiger partial charge in [0.15, 0.2) is 0 Å². The maximum Gasteiger partial charge on any atom is -0.00366 e. The van der Waals surface area contributed by atoms with E-state index in [4.69, 9.17) is 5.73 Å². The highest BCUT2D eigenvalue weighted by atomic mass is 14.5. The Morgan fingerprint density at radius 2 is 1.93 bits per heavy atom. The Bertz CT molecular complexity index is 285. The minimum absolute atomic E-state index is 0.580. The van der Waals surface area contributed by atoms with Crippen LogP contribution in [0, 0.1) is 5.92 Å². The summed E-state index contributed by atoms with van der Waals surface area (Å²) in [5, 5.41) is 0. The smallest absolute Gasteiger partial charge is 0.00366 e. The third-order valence-corrected chi connectivity index (χ3v) is 2.09. The Morgan fingerprint density at radius 1 is 1.29 bits per heavy atom. The molecule has 0 amide bonds. The molecule has 1 aromatic rings. The molecule has 0 aliphatic carbocycles. The van der Waals surface area contributed by atoms with Crippen molar-refractivity contribution in [1.29, 1.82) is 0 Å². The molecule has 0 bridgehead atoms. The summed E-state index contributed by atoms with van der Waals surface area (Å²) in [6.07, 6.45) is 3.25. The van der Waals surface area contributed by atoms with Crippen LogP contribution in [0.25, 0.3) is 5.57 Å². The van der Waals surface area contributed by atoms with Crippen molar-refractivity contribution < 1.29 is 0 Å². The van der Waals surface area contributed by atoms with Crippen LogP contribution in [0.2, 0.25) is 0 Å². The molecule has 1 aromatic carbocycles. The van der Waals surface area contributed by atoms with Gasteiger partial charge in [0.1, 0.15) is 0 Å².